The summed E-state index contributed by atoms with van der Waals surface area (Å²) in [6, 6.07) is 6.85. The van der Waals surface area contributed by atoms with Crippen molar-refractivity contribution in [1.82, 2.24) is 10.2 Å². The number of aliphatic carboxylic acids is 1. The van der Waals surface area contributed by atoms with Crippen molar-refractivity contribution in [3.05, 3.63) is 34.9 Å². The van der Waals surface area contributed by atoms with Crippen molar-refractivity contribution in [3.63, 3.8) is 0 Å². The number of amides is 1. The fraction of sp³-hybridized carbons (Fsp3) is 0.529. The number of carbonyl (C=O) groups is 2. The molecule has 0 saturated carbocycles. The molecule has 0 spiro atoms. The highest BCUT2D eigenvalue weighted by Crippen LogP contribution is 2.46. The van der Waals surface area contributed by atoms with Crippen LogP contribution in [0.3, 0.4) is 0 Å². The van der Waals surface area contributed by atoms with E-state index in [0.29, 0.717) is 18.2 Å². The van der Waals surface area contributed by atoms with Crippen molar-refractivity contribution in [2.24, 2.45) is 5.92 Å². The van der Waals surface area contributed by atoms with E-state index >= 15 is 0 Å². The second-order valence-electron chi connectivity index (χ2n) is 6.28. The van der Waals surface area contributed by atoms with Gasteiger partial charge < -0.3 is 15.2 Å². The third-order valence-electron chi connectivity index (χ3n) is 4.81. The predicted octanol–water partition coefficient (Wildman–Crippen LogP) is 1.94. The Bertz CT molecular complexity index is 607. The average Bonchev–Trinajstić information content (AvgIpc) is 2.82. The summed E-state index contributed by atoms with van der Waals surface area (Å²) < 4.78 is 4.95. The molecule has 0 unspecified atom stereocenters. The molecule has 1 amide bonds. The van der Waals surface area contributed by atoms with E-state index in [9.17, 15) is 14.7 Å². The molecule has 2 rings (SSSR count). The molecule has 0 aliphatic carbocycles. The summed E-state index contributed by atoms with van der Waals surface area (Å²) in [7, 11) is 3.31. The molecule has 1 saturated heterocycles. The first kappa shape index (κ1) is 18.7. The lowest BCUT2D eigenvalue weighted by Crippen LogP contribution is -2.46. The van der Waals surface area contributed by atoms with Crippen molar-refractivity contribution in [3.8, 4) is 0 Å². The zero-order valence-electron chi connectivity index (χ0n) is 14.1. The molecule has 132 valence electrons. The van der Waals surface area contributed by atoms with Gasteiger partial charge in [0.15, 0.2) is 0 Å². The van der Waals surface area contributed by atoms with E-state index in [2.05, 4.69) is 5.32 Å². The Morgan fingerprint density at radius 1 is 1.42 bits per heavy atom. The number of hydrogen-bond donors (Lipinski definition) is 2. The number of carboxylic acid groups (broad SMARTS) is 1. The van der Waals surface area contributed by atoms with Gasteiger partial charge in [0.25, 0.3) is 0 Å². The maximum atomic E-state index is 12.6. The van der Waals surface area contributed by atoms with Gasteiger partial charge in [-0.1, -0.05) is 23.7 Å². The molecule has 0 radical (unpaired) electrons. The molecule has 1 heterocycles. The number of carboxylic acids is 1. The molecule has 1 fully saturated rings. The Hall–Kier alpha value is -1.63. The number of ether oxygens (including phenoxy) is 1. The number of rotatable bonds is 6. The molecular formula is C17H23ClN2O4. The van der Waals surface area contributed by atoms with Crippen LogP contribution in [0.2, 0.25) is 5.02 Å². The minimum absolute atomic E-state index is 0.163. The molecule has 1 aliphatic rings. The van der Waals surface area contributed by atoms with Gasteiger partial charge in [-0.25, -0.2) is 0 Å². The standard InChI is InChI=1S/C17H23ClN2O4/c1-17(16(22)23)10-13(15(21)19-8-9-24-3)14(20(17)2)11-4-6-12(18)7-5-11/h4-7,13-14H,8-10H2,1-3H3,(H,19,21)(H,22,23)/t13-,14-,17-/m1/s1. The fourth-order valence-corrected chi connectivity index (χ4v) is 3.38. The minimum Gasteiger partial charge on any atom is -0.480 e. The Kier molecular flexibility index (Phi) is 5.85. The smallest absolute Gasteiger partial charge is 0.323 e. The molecule has 0 bridgehead atoms. The van der Waals surface area contributed by atoms with E-state index in [1.54, 1.807) is 38.1 Å². The maximum Gasteiger partial charge on any atom is 0.323 e. The Morgan fingerprint density at radius 3 is 2.58 bits per heavy atom. The van der Waals surface area contributed by atoms with E-state index in [-0.39, 0.29) is 18.4 Å². The largest absolute Gasteiger partial charge is 0.480 e. The van der Waals surface area contributed by atoms with Gasteiger partial charge in [0.05, 0.1) is 12.5 Å². The molecule has 24 heavy (non-hydrogen) atoms. The SMILES string of the molecule is COCCNC(=O)[C@@H]1C[C@](C)(C(=O)O)N(C)[C@@H]1c1ccc(Cl)cc1. The lowest BCUT2D eigenvalue weighted by molar-refractivity contribution is -0.148. The molecule has 1 aliphatic heterocycles. The number of carbonyl (C=O) groups excluding carboxylic acids is 1. The highest BCUT2D eigenvalue weighted by molar-refractivity contribution is 6.30. The Balaban J connectivity index is 2.32. The third kappa shape index (κ3) is 3.55. The van der Waals surface area contributed by atoms with Gasteiger partial charge in [-0.3, -0.25) is 14.5 Å². The summed E-state index contributed by atoms with van der Waals surface area (Å²) in [6.07, 6.45) is 0.241. The third-order valence-corrected chi connectivity index (χ3v) is 5.06. The molecule has 0 aromatic heterocycles. The Morgan fingerprint density at radius 2 is 2.04 bits per heavy atom. The van der Waals surface area contributed by atoms with Crippen LogP contribution in [0.1, 0.15) is 24.9 Å². The zero-order valence-corrected chi connectivity index (χ0v) is 14.8. The van der Waals surface area contributed by atoms with Crippen LogP contribution < -0.4 is 5.32 Å². The van der Waals surface area contributed by atoms with Gasteiger partial charge in [-0.15, -0.1) is 0 Å². The zero-order chi connectivity index (χ0) is 17.9. The second-order valence-corrected chi connectivity index (χ2v) is 6.72. The quantitative estimate of drug-likeness (QED) is 0.763. The van der Waals surface area contributed by atoms with E-state index in [0.717, 1.165) is 5.56 Å². The van der Waals surface area contributed by atoms with Crippen LogP contribution >= 0.6 is 11.6 Å². The van der Waals surface area contributed by atoms with E-state index < -0.39 is 17.4 Å². The number of likely N-dealkylation sites (N-methyl/N-ethyl adjacent to an activating group) is 1. The highest BCUT2D eigenvalue weighted by Gasteiger charge is 2.54. The fourth-order valence-electron chi connectivity index (χ4n) is 3.26. The number of hydrogen-bond acceptors (Lipinski definition) is 4. The summed E-state index contributed by atoms with van der Waals surface area (Å²) in [5, 5.41) is 13.1. The number of halogens is 1. The summed E-state index contributed by atoms with van der Waals surface area (Å²) in [4.78, 5) is 26.2. The molecule has 1 aromatic rings. The summed E-state index contributed by atoms with van der Waals surface area (Å²) in [5.74, 6) is -1.56. The first-order chi connectivity index (χ1) is 11.3. The van der Waals surface area contributed by atoms with Gasteiger partial charge in [0.1, 0.15) is 5.54 Å². The lowest BCUT2D eigenvalue weighted by atomic mass is 9.89. The van der Waals surface area contributed by atoms with Crippen molar-refractivity contribution < 1.29 is 19.4 Å². The van der Waals surface area contributed by atoms with Crippen LogP contribution in [0.25, 0.3) is 0 Å². The maximum absolute atomic E-state index is 12.6. The molecular weight excluding hydrogens is 332 g/mol. The van der Waals surface area contributed by atoms with Gasteiger partial charge >= 0.3 is 5.97 Å². The minimum atomic E-state index is -1.10. The van der Waals surface area contributed by atoms with Gasteiger partial charge in [0.2, 0.25) is 5.91 Å². The van der Waals surface area contributed by atoms with Crippen molar-refractivity contribution in [2.45, 2.75) is 24.9 Å². The van der Waals surface area contributed by atoms with Gasteiger partial charge in [-0.2, -0.15) is 0 Å². The van der Waals surface area contributed by atoms with Crippen molar-refractivity contribution in [2.75, 3.05) is 27.3 Å². The number of nitrogens with zero attached hydrogens (tertiary/aromatic N) is 1. The van der Waals surface area contributed by atoms with Crippen LogP contribution in [0, 0.1) is 5.92 Å². The number of nitrogens with one attached hydrogen (secondary N) is 1. The van der Waals surface area contributed by atoms with E-state index in [1.807, 2.05) is 12.1 Å². The first-order valence-corrected chi connectivity index (χ1v) is 8.17. The van der Waals surface area contributed by atoms with Gasteiger partial charge in [-0.05, 0) is 38.1 Å². The predicted molar refractivity (Wildman–Crippen MR) is 91.0 cm³/mol. The second kappa shape index (κ2) is 7.51. The highest BCUT2D eigenvalue weighted by atomic mass is 35.5. The van der Waals surface area contributed by atoms with Crippen LogP contribution in [0.5, 0.6) is 0 Å². The van der Waals surface area contributed by atoms with Crippen molar-refractivity contribution >= 4 is 23.5 Å². The molecule has 6 nitrogen and oxygen atoms in total. The average molecular weight is 355 g/mol. The lowest BCUT2D eigenvalue weighted by Gasteiger charge is -2.32. The summed E-state index contributed by atoms with van der Waals surface area (Å²) >= 11 is 5.94. The number of methoxy groups -OCH3 is 1. The molecule has 1 aromatic carbocycles. The van der Waals surface area contributed by atoms with Crippen LogP contribution in [-0.4, -0.2) is 54.7 Å². The molecule has 7 heteroatoms. The van der Waals surface area contributed by atoms with Crippen LogP contribution in [0.15, 0.2) is 24.3 Å². The van der Waals surface area contributed by atoms with Gasteiger partial charge in [0, 0.05) is 24.7 Å². The topological polar surface area (TPSA) is 78.9 Å². The monoisotopic (exact) mass is 354 g/mol. The first-order valence-electron chi connectivity index (χ1n) is 7.79. The number of likely N-dealkylation sites (tertiary alicyclic amines) is 1. The summed E-state index contributed by atoms with van der Waals surface area (Å²) in [6.45, 7) is 2.46. The normalized spacial score (nSPS) is 27.2. The molecule has 2 N–H and O–H groups in total. The van der Waals surface area contributed by atoms with Crippen molar-refractivity contribution in [1.29, 1.82) is 0 Å². The number of benzene rings is 1. The Labute approximate surface area is 146 Å². The van der Waals surface area contributed by atoms with Crippen LogP contribution in [0.4, 0.5) is 0 Å². The van der Waals surface area contributed by atoms with E-state index in [1.165, 1.54) is 0 Å². The van der Waals surface area contributed by atoms with Crippen LogP contribution in [-0.2, 0) is 14.3 Å². The van der Waals surface area contributed by atoms with E-state index in [4.69, 9.17) is 16.3 Å². The summed E-state index contributed by atoms with van der Waals surface area (Å²) in [5.41, 5.74) is -0.230. The molecule has 3 atom stereocenters.